The molecule has 0 saturated carbocycles. The Hall–Kier alpha value is -4.14. The average Bonchev–Trinajstić information content (AvgIpc) is 2.83. The number of methoxy groups -OCH3 is 1. The monoisotopic (exact) mass is 510 g/mol. The molecule has 0 saturated heterocycles. The van der Waals surface area contributed by atoms with E-state index >= 15 is 0 Å². The number of nitrogens with zero attached hydrogens (tertiary/aromatic N) is 1. The van der Waals surface area contributed by atoms with Crippen molar-refractivity contribution in [3.63, 3.8) is 0 Å². The van der Waals surface area contributed by atoms with Gasteiger partial charge in [0.05, 0.1) is 7.11 Å². The highest BCUT2D eigenvalue weighted by molar-refractivity contribution is 6.24. The van der Waals surface area contributed by atoms with Crippen molar-refractivity contribution in [1.29, 1.82) is 5.41 Å². The molecule has 2 aromatic carbocycles. The second-order valence-electron chi connectivity index (χ2n) is 8.79. The molecule has 0 bridgehead atoms. The fraction of sp³-hybridized carbons (Fsp3) is 0.286. The number of benzene rings is 2. The molecule has 1 heterocycles. The number of nitrogens with one attached hydrogen (secondary N) is 3. The summed E-state index contributed by atoms with van der Waals surface area (Å²) < 4.78 is 33.7. The number of ether oxygens (including phenoxy) is 1. The minimum absolute atomic E-state index is 0. The predicted octanol–water partition coefficient (Wildman–Crippen LogP) is 6.35. The van der Waals surface area contributed by atoms with Gasteiger partial charge in [0.1, 0.15) is 5.75 Å². The van der Waals surface area contributed by atoms with E-state index in [1.807, 2.05) is 26.0 Å². The largest absolute Gasteiger partial charge is 0.496 e. The maximum Gasteiger partial charge on any atom is 0.273 e. The van der Waals surface area contributed by atoms with Crippen LogP contribution in [-0.2, 0) is 15.5 Å². The SMILES string of the molecule is CCC(F)(F)c1cccc(NC(=O)C(C(C)=N)C(=O)Nc2ccc(OC)c(-c3cc(C)nc(C)c3)c2)c1.[HH]. The fourth-order valence-corrected chi connectivity index (χ4v) is 3.97. The maximum absolute atomic E-state index is 14.1. The summed E-state index contributed by atoms with van der Waals surface area (Å²) in [6.45, 7) is 6.46. The van der Waals surface area contributed by atoms with Crippen molar-refractivity contribution >= 4 is 28.9 Å². The number of anilines is 2. The lowest BCUT2D eigenvalue weighted by atomic mass is 10.0. The number of halogens is 2. The predicted molar refractivity (Wildman–Crippen MR) is 143 cm³/mol. The van der Waals surface area contributed by atoms with E-state index < -0.39 is 30.1 Å². The molecule has 0 aliphatic heterocycles. The van der Waals surface area contributed by atoms with Crippen LogP contribution >= 0.6 is 0 Å². The Morgan fingerprint density at radius 3 is 2.16 bits per heavy atom. The number of hydrogen-bond acceptors (Lipinski definition) is 5. The molecule has 3 rings (SSSR count). The van der Waals surface area contributed by atoms with Gasteiger partial charge in [-0.3, -0.25) is 14.6 Å². The van der Waals surface area contributed by atoms with E-state index in [1.54, 1.807) is 25.3 Å². The third-order valence-electron chi connectivity index (χ3n) is 5.81. The number of carbonyl (C=O) groups is 2. The Labute approximate surface area is 216 Å². The number of hydrogen-bond donors (Lipinski definition) is 3. The summed E-state index contributed by atoms with van der Waals surface area (Å²) in [4.78, 5) is 30.4. The first-order chi connectivity index (χ1) is 17.4. The van der Waals surface area contributed by atoms with Gasteiger partial charge in [0.2, 0.25) is 11.8 Å². The Balaban J connectivity index is 0.00000507. The lowest BCUT2D eigenvalue weighted by Gasteiger charge is -2.18. The van der Waals surface area contributed by atoms with Gasteiger partial charge in [0, 0.05) is 47.4 Å². The van der Waals surface area contributed by atoms with E-state index in [2.05, 4.69) is 15.6 Å². The van der Waals surface area contributed by atoms with E-state index in [-0.39, 0.29) is 18.4 Å². The number of carbonyl (C=O) groups excluding carboxylic acids is 2. The van der Waals surface area contributed by atoms with Crippen molar-refractivity contribution in [3.05, 3.63) is 71.5 Å². The normalized spacial score (nSPS) is 12.0. The molecule has 7 nitrogen and oxygen atoms in total. The van der Waals surface area contributed by atoms with Crippen LogP contribution in [0.1, 0.15) is 38.6 Å². The first kappa shape index (κ1) is 27.4. The molecule has 1 unspecified atom stereocenters. The van der Waals surface area contributed by atoms with Crippen LogP contribution in [0.3, 0.4) is 0 Å². The van der Waals surface area contributed by atoms with Crippen LogP contribution in [0.5, 0.6) is 5.75 Å². The minimum Gasteiger partial charge on any atom is -0.496 e. The van der Waals surface area contributed by atoms with Crippen LogP contribution < -0.4 is 15.4 Å². The van der Waals surface area contributed by atoms with Crippen LogP contribution in [0.15, 0.2) is 54.6 Å². The van der Waals surface area contributed by atoms with Crippen molar-refractivity contribution in [2.24, 2.45) is 5.92 Å². The fourth-order valence-electron chi connectivity index (χ4n) is 3.97. The Morgan fingerprint density at radius 2 is 1.62 bits per heavy atom. The van der Waals surface area contributed by atoms with Gasteiger partial charge < -0.3 is 20.8 Å². The summed E-state index contributed by atoms with van der Waals surface area (Å²) in [6.07, 6.45) is -0.391. The van der Waals surface area contributed by atoms with Gasteiger partial charge in [-0.1, -0.05) is 19.1 Å². The molecule has 0 fully saturated rings. The highest BCUT2D eigenvalue weighted by atomic mass is 19.3. The molecule has 37 heavy (non-hydrogen) atoms. The zero-order valence-electron chi connectivity index (χ0n) is 21.4. The van der Waals surface area contributed by atoms with Gasteiger partial charge in [-0.2, -0.15) is 0 Å². The molecule has 0 aliphatic carbocycles. The molecule has 0 aliphatic rings. The number of alkyl halides is 2. The number of pyridine rings is 1. The van der Waals surface area contributed by atoms with Gasteiger partial charge in [-0.25, -0.2) is 8.78 Å². The zero-order valence-corrected chi connectivity index (χ0v) is 21.4. The zero-order chi connectivity index (χ0) is 27.3. The molecule has 9 heteroatoms. The number of aryl methyl sites for hydroxylation is 2. The Bertz CT molecular complexity index is 1330. The summed E-state index contributed by atoms with van der Waals surface area (Å²) in [6, 6.07) is 14.1. The Kier molecular flexibility index (Phi) is 8.37. The topological polar surface area (TPSA) is 104 Å². The first-order valence-corrected chi connectivity index (χ1v) is 11.7. The van der Waals surface area contributed by atoms with E-state index in [0.717, 1.165) is 22.5 Å². The molecule has 3 N–H and O–H groups in total. The summed E-state index contributed by atoms with van der Waals surface area (Å²) in [5, 5.41) is 13.2. The highest BCUT2D eigenvalue weighted by Crippen LogP contribution is 2.34. The van der Waals surface area contributed by atoms with Crippen LogP contribution in [-0.4, -0.2) is 29.6 Å². The van der Waals surface area contributed by atoms with Crippen molar-refractivity contribution in [2.75, 3.05) is 17.7 Å². The molecular formula is C28H32F2N4O3. The van der Waals surface area contributed by atoms with Gasteiger partial charge in [-0.05, 0) is 68.8 Å². The summed E-state index contributed by atoms with van der Waals surface area (Å²) in [5.74, 6) is -5.45. The third kappa shape index (κ3) is 6.55. The van der Waals surface area contributed by atoms with Gasteiger partial charge in [0.25, 0.3) is 5.92 Å². The number of rotatable bonds is 9. The van der Waals surface area contributed by atoms with E-state index in [1.165, 1.54) is 38.1 Å². The lowest BCUT2D eigenvalue weighted by Crippen LogP contribution is -2.38. The molecular weight excluding hydrogens is 478 g/mol. The smallest absolute Gasteiger partial charge is 0.273 e. The van der Waals surface area contributed by atoms with E-state index in [9.17, 15) is 18.4 Å². The first-order valence-electron chi connectivity index (χ1n) is 11.7. The highest BCUT2D eigenvalue weighted by Gasteiger charge is 2.31. The molecule has 1 aromatic heterocycles. The van der Waals surface area contributed by atoms with Crippen LogP contribution in [0, 0.1) is 25.2 Å². The standard InChI is InChI=1S/C28H30F2N4O3.H2/c1-6-28(29,30)20-8-7-9-21(14-20)33-26(35)25(18(4)31)27(36)34-22-10-11-24(37-5)23(15-22)19-12-16(2)32-17(3)13-19;/h7-15,25,31H,6H2,1-5H3,(H,33,35)(H,34,36);1H. The van der Waals surface area contributed by atoms with E-state index in [0.29, 0.717) is 11.4 Å². The van der Waals surface area contributed by atoms with Crippen molar-refractivity contribution in [1.82, 2.24) is 4.98 Å². The lowest BCUT2D eigenvalue weighted by molar-refractivity contribution is -0.126. The second-order valence-corrected chi connectivity index (χ2v) is 8.79. The van der Waals surface area contributed by atoms with Gasteiger partial charge in [0.15, 0.2) is 5.92 Å². The second kappa shape index (κ2) is 11.3. The summed E-state index contributed by atoms with van der Waals surface area (Å²) in [5.41, 5.74) is 3.29. The quantitative estimate of drug-likeness (QED) is 0.230. The number of amides is 2. The molecule has 0 spiro atoms. The van der Waals surface area contributed by atoms with Crippen molar-refractivity contribution < 1.29 is 24.5 Å². The Morgan fingerprint density at radius 1 is 1.03 bits per heavy atom. The van der Waals surface area contributed by atoms with Crippen LogP contribution in [0.25, 0.3) is 11.1 Å². The molecule has 3 aromatic rings. The molecule has 2 amide bonds. The van der Waals surface area contributed by atoms with Crippen LogP contribution in [0.4, 0.5) is 20.2 Å². The maximum atomic E-state index is 14.1. The molecule has 1 atom stereocenters. The number of aromatic nitrogens is 1. The summed E-state index contributed by atoms with van der Waals surface area (Å²) >= 11 is 0. The molecule has 0 radical (unpaired) electrons. The third-order valence-corrected chi connectivity index (χ3v) is 5.81. The average molecular weight is 511 g/mol. The van der Waals surface area contributed by atoms with Gasteiger partial charge in [-0.15, -0.1) is 0 Å². The van der Waals surface area contributed by atoms with Crippen LogP contribution in [0.2, 0.25) is 0 Å². The van der Waals surface area contributed by atoms with E-state index in [4.69, 9.17) is 10.1 Å². The van der Waals surface area contributed by atoms with Gasteiger partial charge >= 0.3 is 0 Å². The summed E-state index contributed by atoms with van der Waals surface area (Å²) in [7, 11) is 1.54. The molecule has 196 valence electrons. The van der Waals surface area contributed by atoms with Crippen molar-refractivity contribution in [3.8, 4) is 16.9 Å². The minimum atomic E-state index is -3.05. The van der Waals surface area contributed by atoms with Crippen molar-refractivity contribution in [2.45, 2.75) is 40.0 Å².